The first-order valence-electron chi connectivity index (χ1n) is 6.86. The van der Waals surface area contributed by atoms with Crippen LogP contribution in [0.25, 0.3) is 0 Å². The highest BCUT2D eigenvalue weighted by atomic mass is 16.4. The van der Waals surface area contributed by atoms with Gasteiger partial charge in [0.15, 0.2) is 5.78 Å². The van der Waals surface area contributed by atoms with E-state index in [9.17, 15) is 9.59 Å². The summed E-state index contributed by atoms with van der Waals surface area (Å²) in [5.41, 5.74) is 2.89. The van der Waals surface area contributed by atoms with Crippen LogP contribution in [0, 0.1) is 6.92 Å². The maximum Gasteiger partial charge on any atom is 0.337 e. The Morgan fingerprint density at radius 2 is 1.68 bits per heavy atom. The molecule has 112 valence electrons. The highest BCUT2D eigenvalue weighted by Crippen LogP contribution is 2.17. The number of aromatic carboxylic acids is 1. The Balaban J connectivity index is 2.18. The van der Waals surface area contributed by atoms with Gasteiger partial charge in [-0.25, -0.2) is 4.79 Å². The number of anilines is 1. The number of para-hydroxylation sites is 1. The number of ketones is 1. The summed E-state index contributed by atoms with van der Waals surface area (Å²) in [5.74, 6) is -1.14. The number of carbonyl (C=O) groups excluding carboxylic acids is 1. The molecule has 0 aliphatic carbocycles. The van der Waals surface area contributed by atoms with Gasteiger partial charge in [-0.15, -0.1) is 0 Å². The fraction of sp³-hybridized carbons (Fsp3) is 0.111. The maximum absolute atomic E-state index is 12.1. The zero-order chi connectivity index (χ0) is 16.1. The van der Waals surface area contributed by atoms with E-state index in [-0.39, 0.29) is 11.3 Å². The predicted molar refractivity (Wildman–Crippen MR) is 86.3 cm³/mol. The SMILES string of the molecule is C/C(=C\C(=O)c1ccc(C)cc1)Nc1ccccc1C(=O)O. The molecule has 0 heterocycles. The van der Waals surface area contributed by atoms with Gasteiger partial charge in [0.05, 0.1) is 11.3 Å². The molecule has 0 unspecified atom stereocenters. The molecule has 4 heteroatoms. The van der Waals surface area contributed by atoms with Crippen molar-refractivity contribution in [3.8, 4) is 0 Å². The van der Waals surface area contributed by atoms with E-state index in [0.717, 1.165) is 5.56 Å². The summed E-state index contributed by atoms with van der Waals surface area (Å²) in [5, 5.41) is 12.1. The lowest BCUT2D eigenvalue weighted by Crippen LogP contribution is -2.06. The minimum Gasteiger partial charge on any atom is -0.478 e. The molecule has 0 amide bonds. The average Bonchev–Trinajstić information content (AvgIpc) is 2.48. The minimum atomic E-state index is -1.01. The van der Waals surface area contributed by atoms with Crippen LogP contribution in [0.2, 0.25) is 0 Å². The third kappa shape index (κ3) is 3.82. The summed E-state index contributed by atoms with van der Waals surface area (Å²) in [7, 11) is 0. The second-order valence-corrected chi connectivity index (χ2v) is 5.03. The van der Waals surface area contributed by atoms with Gasteiger partial charge in [-0.1, -0.05) is 42.0 Å². The van der Waals surface area contributed by atoms with Crippen LogP contribution in [0.15, 0.2) is 60.3 Å². The lowest BCUT2D eigenvalue weighted by molar-refractivity contribution is 0.0698. The largest absolute Gasteiger partial charge is 0.478 e. The zero-order valence-electron chi connectivity index (χ0n) is 12.5. The highest BCUT2D eigenvalue weighted by Gasteiger charge is 2.09. The Labute approximate surface area is 129 Å². The van der Waals surface area contributed by atoms with Gasteiger partial charge in [0.25, 0.3) is 0 Å². The molecule has 0 atom stereocenters. The Bertz CT molecular complexity index is 730. The molecular formula is C18H17NO3. The molecule has 2 N–H and O–H groups in total. The van der Waals surface area contributed by atoms with E-state index < -0.39 is 5.97 Å². The first kappa shape index (κ1) is 15.5. The van der Waals surface area contributed by atoms with Gasteiger partial charge in [-0.3, -0.25) is 4.79 Å². The Kier molecular flexibility index (Phi) is 4.73. The lowest BCUT2D eigenvalue weighted by Gasteiger charge is -2.09. The number of carboxylic acids is 1. The molecule has 4 nitrogen and oxygen atoms in total. The standard InChI is InChI=1S/C18H17NO3/c1-12-7-9-14(10-8-12)17(20)11-13(2)19-16-6-4-3-5-15(16)18(21)22/h3-11,19H,1-2H3,(H,21,22)/b13-11+. The number of hydrogen-bond acceptors (Lipinski definition) is 3. The molecule has 0 aliphatic rings. The van der Waals surface area contributed by atoms with Crippen molar-refractivity contribution in [3.05, 3.63) is 77.0 Å². The van der Waals surface area contributed by atoms with Gasteiger partial charge in [-0.05, 0) is 26.0 Å². The van der Waals surface area contributed by atoms with Crippen LogP contribution in [0.4, 0.5) is 5.69 Å². The molecule has 0 bridgehead atoms. The predicted octanol–water partition coefficient (Wildman–Crippen LogP) is 3.89. The molecule has 22 heavy (non-hydrogen) atoms. The molecule has 0 saturated heterocycles. The van der Waals surface area contributed by atoms with Crippen molar-refractivity contribution in [2.45, 2.75) is 13.8 Å². The summed E-state index contributed by atoms with van der Waals surface area (Å²) in [4.78, 5) is 23.3. The van der Waals surface area contributed by atoms with Crippen LogP contribution in [-0.4, -0.2) is 16.9 Å². The average molecular weight is 295 g/mol. The van der Waals surface area contributed by atoms with Crippen molar-refractivity contribution in [3.63, 3.8) is 0 Å². The van der Waals surface area contributed by atoms with Crippen LogP contribution < -0.4 is 5.32 Å². The van der Waals surface area contributed by atoms with Crippen molar-refractivity contribution >= 4 is 17.4 Å². The molecule has 0 radical (unpaired) electrons. The minimum absolute atomic E-state index is 0.127. The van der Waals surface area contributed by atoms with Gasteiger partial charge in [0, 0.05) is 17.3 Å². The van der Waals surface area contributed by atoms with E-state index >= 15 is 0 Å². The second kappa shape index (κ2) is 6.72. The lowest BCUT2D eigenvalue weighted by atomic mass is 10.1. The van der Waals surface area contributed by atoms with Crippen LogP contribution in [0.5, 0.6) is 0 Å². The molecule has 0 aromatic heterocycles. The number of carboxylic acid groups (broad SMARTS) is 1. The fourth-order valence-electron chi connectivity index (χ4n) is 2.02. The van der Waals surface area contributed by atoms with Gasteiger partial charge < -0.3 is 10.4 Å². The van der Waals surface area contributed by atoms with E-state index in [4.69, 9.17) is 5.11 Å². The normalized spacial score (nSPS) is 11.1. The number of allylic oxidation sites excluding steroid dienone is 2. The third-order valence-corrected chi connectivity index (χ3v) is 3.17. The summed E-state index contributed by atoms with van der Waals surface area (Å²) in [6.07, 6.45) is 1.46. The van der Waals surface area contributed by atoms with Gasteiger partial charge >= 0.3 is 5.97 Å². The number of aryl methyl sites for hydroxylation is 1. The topological polar surface area (TPSA) is 66.4 Å². The van der Waals surface area contributed by atoms with Crippen LogP contribution >= 0.6 is 0 Å². The molecule has 2 aromatic carbocycles. The van der Waals surface area contributed by atoms with Crippen LogP contribution in [-0.2, 0) is 0 Å². The monoisotopic (exact) mass is 295 g/mol. The van der Waals surface area contributed by atoms with Crippen LogP contribution in [0.1, 0.15) is 33.2 Å². The third-order valence-electron chi connectivity index (χ3n) is 3.17. The van der Waals surface area contributed by atoms with Crippen molar-refractivity contribution in [2.75, 3.05) is 5.32 Å². The molecule has 0 spiro atoms. The van der Waals surface area contributed by atoms with E-state index in [0.29, 0.717) is 16.9 Å². The zero-order valence-corrected chi connectivity index (χ0v) is 12.5. The summed E-state index contributed by atoms with van der Waals surface area (Å²) >= 11 is 0. The van der Waals surface area contributed by atoms with E-state index in [1.54, 1.807) is 37.3 Å². The fourth-order valence-corrected chi connectivity index (χ4v) is 2.02. The first-order chi connectivity index (χ1) is 10.5. The van der Waals surface area contributed by atoms with E-state index in [1.807, 2.05) is 19.1 Å². The number of benzene rings is 2. The number of carbonyl (C=O) groups is 2. The Morgan fingerprint density at radius 1 is 1.05 bits per heavy atom. The van der Waals surface area contributed by atoms with Crippen molar-refractivity contribution in [2.24, 2.45) is 0 Å². The number of hydrogen-bond donors (Lipinski definition) is 2. The molecule has 0 fully saturated rings. The smallest absolute Gasteiger partial charge is 0.337 e. The summed E-state index contributed by atoms with van der Waals surface area (Å²) in [6.45, 7) is 3.68. The molecular weight excluding hydrogens is 278 g/mol. The summed E-state index contributed by atoms with van der Waals surface area (Å²) in [6, 6.07) is 13.9. The molecule has 2 rings (SSSR count). The highest BCUT2D eigenvalue weighted by molar-refractivity contribution is 6.05. The van der Waals surface area contributed by atoms with Gasteiger partial charge in [0.2, 0.25) is 0 Å². The molecule has 0 aliphatic heterocycles. The van der Waals surface area contributed by atoms with Gasteiger partial charge in [0.1, 0.15) is 0 Å². The van der Waals surface area contributed by atoms with Crippen molar-refractivity contribution < 1.29 is 14.7 Å². The first-order valence-corrected chi connectivity index (χ1v) is 6.86. The molecule has 2 aromatic rings. The summed E-state index contributed by atoms with van der Waals surface area (Å²) < 4.78 is 0. The van der Waals surface area contributed by atoms with Crippen molar-refractivity contribution in [1.82, 2.24) is 0 Å². The van der Waals surface area contributed by atoms with Crippen LogP contribution in [0.3, 0.4) is 0 Å². The second-order valence-electron chi connectivity index (χ2n) is 5.03. The maximum atomic E-state index is 12.1. The Morgan fingerprint density at radius 3 is 2.32 bits per heavy atom. The van der Waals surface area contributed by atoms with E-state index in [1.165, 1.54) is 12.1 Å². The quantitative estimate of drug-likeness (QED) is 0.648. The number of rotatable bonds is 5. The molecule has 0 saturated carbocycles. The Hall–Kier alpha value is -2.88. The van der Waals surface area contributed by atoms with Crippen molar-refractivity contribution in [1.29, 1.82) is 0 Å². The van der Waals surface area contributed by atoms with Gasteiger partial charge in [-0.2, -0.15) is 0 Å². The number of nitrogens with one attached hydrogen (secondary N) is 1. The van der Waals surface area contributed by atoms with E-state index in [2.05, 4.69) is 5.32 Å².